The van der Waals surface area contributed by atoms with E-state index in [2.05, 4.69) is 16.7 Å². The zero-order valence-electron chi connectivity index (χ0n) is 18.9. The highest BCUT2D eigenvalue weighted by Crippen LogP contribution is 2.61. The van der Waals surface area contributed by atoms with Gasteiger partial charge in [0, 0.05) is 28.9 Å². The summed E-state index contributed by atoms with van der Waals surface area (Å²) in [6.07, 6.45) is 7.82. The number of benzene rings is 2. The van der Waals surface area contributed by atoms with E-state index < -0.39 is 0 Å². The van der Waals surface area contributed by atoms with Crippen LogP contribution in [-0.4, -0.2) is 25.5 Å². The van der Waals surface area contributed by atoms with Crippen molar-refractivity contribution >= 4 is 17.5 Å². The molecule has 0 aliphatic heterocycles. The zero-order valence-corrected chi connectivity index (χ0v) is 18.9. The molecule has 0 spiro atoms. The van der Waals surface area contributed by atoms with Gasteiger partial charge in [0.05, 0.1) is 7.11 Å². The summed E-state index contributed by atoms with van der Waals surface area (Å²) in [5, 5.41) is 5.76. The Morgan fingerprint density at radius 2 is 1.50 bits per heavy atom. The van der Waals surface area contributed by atoms with Crippen LogP contribution in [0.5, 0.6) is 5.75 Å². The normalized spacial score (nSPS) is 27.8. The Morgan fingerprint density at radius 3 is 2.06 bits per heavy atom. The van der Waals surface area contributed by atoms with Crippen LogP contribution in [0.25, 0.3) is 0 Å². The standard InChI is InChI=1S/C27H32N2O3/c1-3-28-25(30)20-4-7-22(8-5-20)29-26(31)21-6-9-24(32-2)23(13-21)27-14-17-10-18(15-27)12-19(11-17)16-27/h4-9,13,17-19H,3,10-12,14-16H2,1-2H3,(H,28,30)(H,29,31). The van der Waals surface area contributed by atoms with Crippen molar-refractivity contribution in [1.82, 2.24) is 5.32 Å². The van der Waals surface area contributed by atoms with Crippen molar-refractivity contribution < 1.29 is 14.3 Å². The maximum Gasteiger partial charge on any atom is 0.255 e. The average molecular weight is 433 g/mol. The van der Waals surface area contributed by atoms with Crippen LogP contribution >= 0.6 is 0 Å². The molecule has 2 N–H and O–H groups in total. The van der Waals surface area contributed by atoms with E-state index in [1.165, 1.54) is 44.1 Å². The van der Waals surface area contributed by atoms with Gasteiger partial charge in [-0.3, -0.25) is 9.59 Å². The summed E-state index contributed by atoms with van der Waals surface area (Å²) in [6.45, 7) is 2.47. The Kier molecular flexibility index (Phi) is 5.44. The van der Waals surface area contributed by atoms with E-state index in [9.17, 15) is 9.59 Å². The second-order valence-electron chi connectivity index (χ2n) is 10.0. The number of nitrogens with one attached hydrogen (secondary N) is 2. The maximum absolute atomic E-state index is 13.1. The lowest BCUT2D eigenvalue weighted by molar-refractivity contribution is -0.00617. The van der Waals surface area contributed by atoms with Crippen LogP contribution in [0.2, 0.25) is 0 Å². The van der Waals surface area contributed by atoms with E-state index in [1.807, 2.05) is 19.1 Å². The van der Waals surface area contributed by atoms with Gasteiger partial charge in [-0.2, -0.15) is 0 Å². The predicted octanol–water partition coefficient (Wildman–Crippen LogP) is 5.17. The lowest BCUT2D eigenvalue weighted by atomic mass is 9.48. The van der Waals surface area contributed by atoms with Gasteiger partial charge in [0.2, 0.25) is 0 Å². The largest absolute Gasteiger partial charge is 0.496 e. The smallest absolute Gasteiger partial charge is 0.255 e. The van der Waals surface area contributed by atoms with E-state index in [-0.39, 0.29) is 17.2 Å². The Labute approximate surface area is 189 Å². The Bertz CT molecular complexity index is 992. The summed E-state index contributed by atoms with van der Waals surface area (Å²) >= 11 is 0. The number of methoxy groups -OCH3 is 1. The Hall–Kier alpha value is -2.82. The fourth-order valence-corrected chi connectivity index (χ4v) is 6.87. The summed E-state index contributed by atoms with van der Waals surface area (Å²) in [4.78, 5) is 25.0. The van der Waals surface area contributed by atoms with E-state index in [0.29, 0.717) is 23.4 Å². The molecule has 0 unspecified atom stereocenters. The highest BCUT2D eigenvalue weighted by Gasteiger charge is 2.52. The number of carbonyl (C=O) groups is 2. The van der Waals surface area contributed by atoms with Crippen LogP contribution in [0.3, 0.4) is 0 Å². The molecule has 2 aromatic carbocycles. The van der Waals surface area contributed by atoms with Crippen molar-refractivity contribution in [2.75, 3.05) is 19.0 Å². The molecule has 168 valence electrons. The van der Waals surface area contributed by atoms with Crippen molar-refractivity contribution in [3.05, 3.63) is 59.2 Å². The highest BCUT2D eigenvalue weighted by atomic mass is 16.5. The minimum absolute atomic E-state index is 0.110. The Morgan fingerprint density at radius 1 is 0.906 bits per heavy atom. The summed E-state index contributed by atoms with van der Waals surface area (Å²) in [6, 6.07) is 12.9. The van der Waals surface area contributed by atoms with Crippen LogP contribution in [0, 0.1) is 17.8 Å². The Balaban J connectivity index is 1.38. The number of ether oxygens (including phenoxy) is 1. The molecule has 0 saturated heterocycles. The second-order valence-corrected chi connectivity index (χ2v) is 10.0. The van der Waals surface area contributed by atoms with Gasteiger partial charge in [0.25, 0.3) is 11.8 Å². The van der Waals surface area contributed by atoms with Gasteiger partial charge in [-0.25, -0.2) is 0 Å². The lowest BCUT2D eigenvalue weighted by Gasteiger charge is -2.57. The van der Waals surface area contributed by atoms with Crippen molar-refractivity contribution in [2.24, 2.45) is 17.8 Å². The summed E-state index contributed by atoms with van der Waals surface area (Å²) in [7, 11) is 1.73. The van der Waals surface area contributed by atoms with Crippen molar-refractivity contribution in [3.63, 3.8) is 0 Å². The van der Waals surface area contributed by atoms with Gasteiger partial charge in [-0.15, -0.1) is 0 Å². The van der Waals surface area contributed by atoms with Crippen molar-refractivity contribution in [2.45, 2.75) is 50.9 Å². The molecule has 5 nitrogen and oxygen atoms in total. The fourth-order valence-electron chi connectivity index (χ4n) is 6.87. The number of hydrogen-bond acceptors (Lipinski definition) is 3. The first-order chi connectivity index (χ1) is 15.5. The van der Waals surface area contributed by atoms with E-state index in [0.717, 1.165) is 23.5 Å². The molecule has 2 aromatic rings. The summed E-state index contributed by atoms with van der Waals surface area (Å²) in [5.41, 5.74) is 3.29. The molecule has 4 bridgehead atoms. The molecule has 5 heteroatoms. The first kappa shape index (κ1) is 21.0. The molecule has 32 heavy (non-hydrogen) atoms. The minimum Gasteiger partial charge on any atom is -0.496 e. The van der Waals surface area contributed by atoms with Gasteiger partial charge in [0.15, 0.2) is 0 Å². The van der Waals surface area contributed by atoms with Crippen LogP contribution < -0.4 is 15.4 Å². The average Bonchev–Trinajstić information content (AvgIpc) is 2.78. The molecule has 0 aromatic heterocycles. The van der Waals surface area contributed by atoms with E-state index in [1.54, 1.807) is 31.4 Å². The minimum atomic E-state index is -0.135. The molecule has 4 aliphatic rings. The first-order valence-corrected chi connectivity index (χ1v) is 11.9. The topological polar surface area (TPSA) is 67.4 Å². The molecule has 4 fully saturated rings. The van der Waals surface area contributed by atoms with Crippen LogP contribution in [0.1, 0.15) is 71.7 Å². The number of rotatable bonds is 6. The van der Waals surface area contributed by atoms with Gasteiger partial charge in [-0.1, -0.05) is 0 Å². The van der Waals surface area contributed by atoms with Crippen molar-refractivity contribution in [3.8, 4) is 5.75 Å². The first-order valence-electron chi connectivity index (χ1n) is 11.9. The number of amides is 2. The molecule has 0 heterocycles. The zero-order chi connectivity index (χ0) is 22.3. The molecule has 0 radical (unpaired) electrons. The van der Waals surface area contributed by atoms with Gasteiger partial charge in [-0.05, 0) is 111 Å². The van der Waals surface area contributed by atoms with E-state index in [4.69, 9.17) is 4.74 Å². The number of hydrogen-bond donors (Lipinski definition) is 2. The number of carbonyl (C=O) groups excluding carboxylic acids is 2. The molecule has 0 atom stereocenters. The third kappa shape index (κ3) is 3.78. The molecule has 6 rings (SSSR count). The monoisotopic (exact) mass is 432 g/mol. The molecule has 2 amide bonds. The van der Waals surface area contributed by atoms with Gasteiger partial charge < -0.3 is 15.4 Å². The third-order valence-electron chi connectivity index (χ3n) is 7.81. The summed E-state index contributed by atoms with van der Waals surface area (Å²) in [5.74, 6) is 3.14. The van der Waals surface area contributed by atoms with E-state index >= 15 is 0 Å². The van der Waals surface area contributed by atoms with Gasteiger partial charge >= 0.3 is 0 Å². The van der Waals surface area contributed by atoms with Crippen LogP contribution in [-0.2, 0) is 5.41 Å². The molecular weight excluding hydrogens is 400 g/mol. The van der Waals surface area contributed by atoms with Crippen molar-refractivity contribution in [1.29, 1.82) is 0 Å². The highest BCUT2D eigenvalue weighted by molar-refractivity contribution is 6.05. The fraction of sp³-hybridized carbons (Fsp3) is 0.481. The molecular formula is C27H32N2O3. The predicted molar refractivity (Wildman–Crippen MR) is 125 cm³/mol. The van der Waals surface area contributed by atoms with Gasteiger partial charge in [0.1, 0.15) is 5.75 Å². The SMILES string of the molecule is CCNC(=O)c1ccc(NC(=O)c2ccc(OC)c(C34CC5CC(CC(C5)C3)C4)c2)cc1. The quantitative estimate of drug-likeness (QED) is 0.662. The van der Waals surface area contributed by atoms with Crippen LogP contribution in [0.15, 0.2) is 42.5 Å². The van der Waals surface area contributed by atoms with Crippen LogP contribution in [0.4, 0.5) is 5.69 Å². The maximum atomic E-state index is 13.1. The molecule has 4 saturated carbocycles. The summed E-state index contributed by atoms with van der Waals surface area (Å²) < 4.78 is 5.77. The number of anilines is 1. The molecule has 4 aliphatic carbocycles. The second kappa shape index (κ2) is 8.27. The lowest BCUT2D eigenvalue weighted by Crippen LogP contribution is -2.48. The third-order valence-corrected chi connectivity index (χ3v) is 7.81.